The van der Waals surface area contributed by atoms with E-state index in [0.717, 1.165) is 12.8 Å². The van der Waals surface area contributed by atoms with Gasteiger partial charge >= 0.3 is 0 Å². The van der Waals surface area contributed by atoms with Crippen molar-refractivity contribution < 1.29 is 0 Å². The van der Waals surface area contributed by atoms with Gasteiger partial charge in [0.05, 0.1) is 0 Å². The highest BCUT2D eigenvalue weighted by Gasteiger charge is 1.87. The van der Waals surface area contributed by atoms with E-state index in [4.69, 9.17) is 0 Å². The maximum absolute atomic E-state index is 3.95. The molecule has 0 nitrogen and oxygen atoms in total. The van der Waals surface area contributed by atoms with Crippen molar-refractivity contribution in [1.82, 2.24) is 0 Å². The van der Waals surface area contributed by atoms with Gasteiger partial charge in [-0.25, -0.2) is 0 Å². The summed E-state index contributed by atoms with van der Waals surface area (Å²) in [4.78, 5) is 0. The third kappa shape index (κ3) is 11.2. The van der Waals surface area contributed by atoms with Gasteiger partial charge in [-0.2, -0.15) is 0 Å². The Bertz CT molecular complexity index is 152. The van der Waals surface area contributed by atoms with Gasteiger partial charge in [-0.05, 0) is 12.8 Å². The fourth-order valence-corrected chi connectivity index (χ4v) is 1.04. The van der Waals surface area contributed by atoms with Crippen LogP contribution in [0.3, 0.4) is 0 Å². The minimum absolute atomic E-state index is 1.09. The van der Waals surface area contributed by atoms with E-state index in [1.807, 2.05) is 13.8 Å². The average molecular weight is 194 g/mol. The largest absolute Gasteiger partial charge is 0.0958 e. The van der Waals surface area contributed by atoms with E-state index in [-0.39, 0.29) is 0 Å². The smallest absolute Gasteiger partial charge is 0.0287 e. The Morgan fingerprint density at radius 3 is 1.36 bits per heavy atom. The van der Waals surface area contributed by atoms with Gasteiger partial charge in [0.2, 0.25) is 0 Å². The van der Waals surface area contributed by atoms with Gasteiger partial charge < -0.3 is 0 Å². The van der Waals surface area contributed by atoms with Crippen LogP contribution in [0.15, 0.2) is 36.5 Å². The van der Waals surface area contributed by atoms with Crippen molar-refractivity contribution in [2.24, 2.45) is 0 Å². The molecule has 0 aromatic heterocycles. The van der Waals surface area contributed by atoms with Gasteiger partial charge in [0.1, 0.15) is 0 Å². The maximum atomic E-state index is 3.95. The molecule has 0 aliphatic rings. The van der Waals surface area contributed by atoms with Gasteiger partial charge in [0, 0.05) is 0 Å². The first-order valence-corrected chi connectivity index (χ1v) is 5.74. The molecule has 0 saturated heterocycles. The highest BCUT2D eigenvalue weighted by Crippen LogP contribution is 2.08. The SMILES string of the molecule is C=C(/C=C\C(=C)CCC)CCC.CC. The summed E-state index contributed by atoms with van der Waals surface area (Å²) < 4.78 is 0. The lowest BCUT2D eigenvalue weighted by Gasteiger charge is -1.97. The third-order valence-corrected chi connectivity index (χ3v) is 1.70. The first kappa shape index (κ1) is 15.7. The van der Waals surface area contributed by atoms with Crippen LogP contribution in [0.2, 0.25) is 0 Å². The number of hydrogen-bond acceptors (Lipinski definition) is 0. The van der Waals surface area contributed by atoms with E-state index in [9.17, 15) is 0 Å². The molecule has 0 aliphatic heterocycles. The summed E-state index contributed by atoms with van der Waals surface area (Å²) in [6.07, 6.45) is 8.70. The first-order chi connectivity index (χ1) is 6.70. The van der Waals surface area contributed by atoms with Crippen molar-refractivity contribution >= 4 is 0 Å². The summed E-state index contributed by atoms with van der Waals surface area (Å²) in [7, 11) is 0. The molecule has 0 bridgehead atoms. The lowest BCUT2D eigenvalue weighted by molar-refractivity contribution is 0.920. The van der Waals surface area contributed by atoms with Crippen LogP contribution in [0.4, 0.5) is 0 Å². The summed E-state index contributed by atoms with van der Waals surface area (Å²) >= 11 is 0. The molecule has 0 unspecified atom stereocenters. The van der Waals surface area contributed by atoms with Crippen LogP contribution >= 0.6 is 0 Å². The Balaban J connectivity index is 0. The standard InChI is InChI=1S/C12H20.C2H6/c1-5-7-11(3)9-10-12(4)8-6-2;1-2/h9-10H,3-8H2,1-2H3;1-2H3/b10-9-;. The number of allylic oxidation sites excluding steroid dienone is 4. The molecule has 0 N–H and O–H groups in total. The fraction of sp³-hybridized carbons (Fsp3) is 0.571. The van der Waals surface area contributed by atoms with Gasteiger partial charge in [-0.15, -0.1) is 0 Å². The van der Waals surface area contributed by atoms with Crippen LogP contribution in [0.25, 0.3) is 0 Å². The number of hydrogen-bond donors (Lipinski definition) is 0. The van der Waals surface area contributed by atoms with E-state index in [0.29, 0.717) is 0 Å². The molecule has 0 amide bonds. The topological polar surface area (TPSA) is 0 Å². The molecule has 0 aromatic rings. The van der Waals surface area contributed by atoms with Gasteiger partial charge in [-0.3, -0.25) is 0 Å². The first-order valence-electron chi connectivity index (χ1n) is 5.74. The van der Waals surface area contributed by atoms with Crippen molar-refractivity contribution in [3.8, 4) is 0 Å². The van der Waals surface area contributed by atoms with E-state index < -0.39 is 0 Å². The molecule has 0 spiro atoms. The minimum atomic E-state index is 1.09. The summed E-state index contributed by atoms with van der Waals surface area (Å²) in [5.74, 6) is 0. The quantitative estimate of drug-likeness (QED) is 0.504. The monoisotopic (exact) mass is 194 g/mol. The molecular weight excluding hydrogens is 168 g/mol. The lowest BCUT2D eigenvalue weighted by Crippen LogP contribution is -1.77. The molecule has 0 radical (unpaired) electrons. The van der Waals surface area contributed by atoms with Crippen LogP contribution in [0, 0.1) is 0 Å². The Hall–Kier alpha value is -0.780. The van der Waals surface area contributed by atoms with E-state index in [2.05, 4.69) is 39.2 Å². The lowest BCUT2D eigenvalue weighted by atomic mass is 10.1. The highest BCUT2D eigenvalue weighted by molar-refractivity contribution is 5.23. The predicted octanol–water partition coefficient (Wildman–Crippen LogP) is 5.28. The molecule has 0 heteroatoms. The van der Waals surface area contributed by atoms with Crippen molar-refractivity contribution in [2.75, 3.05) is 0 Å². The van der Waals surface area contributed by atoms with Crippen molar-refractivity contribution in [1.29, 1.82) is 0 Å². The Morgan fingerprint density at radius 2 is 1.14 bits per heavy atom. The Labute approximate surface area is 90.4 Å². The summed E-state index contributed by atoms with van der Waals surface area (Å²) in [6, 6.07) is 0. The second-order valence-corrected chi connectivity index (χ2v) is 3.15. The van der Waals surface area contributed by atoms with Crippen LogP contribution in [-0.4, -0.2) is 0 Å². The molecule has 0 aromatic carbocycles. The van der Waals surface area contributed by atoms with Gasteiger partial charge in [0.25, 0.3) is 0 Å². The highest BCUT2D eigenvalue weighted by atomic mass is 13.9. The molecule has 0 saturated carbocycles. The van der Waals surface area contributed by atoms with Crippen LogP contribution < -0.4 is 0 Å². The predicted molar refractivity (Wildman–Crippen MR) is 68.6 cm³/mol. The average Bonchev–Trinajstić information content (AvgIpc) is 2.19. The van der Waals surface area contributed by atoms with Crippen molar-refractivity contribution in [2.45, 2.75) is 53.4 Å². The Kier molecular flexibility index (Phi) is 13.7. The molecule has 0 heterocycles. The van der Waals surface area contributed by atoms with Gasteiger partial charge in [0.15, 0.2) is 0 Å². The zero-order valence-corrected chi connectivity index (χ0v) is 10.4. The normalized spacial score (nSPS) is 9.43. The van der Waals surface area contributed by atoms with E-state index in [1.165, 1.54) is 24.0 Å². The zero-order chi connectivity index (χ0) is 11.4. The van der Waals surface area contributed by atoms with Crippen molar-refractivity contribution in [3.05, 3.63) is 36.5 Å². The van der Waals surface area contributed by atoms with Crippen LogP contribution in [-0.2, 0) is 0 Å². The number of rotatable bonds is 6. The molecule has 0 aliphatic carbocycles. The van der Waals surface area contributed by atoms with Crippen LogP contribution in [0.1, 0.15) is 53.4 Å². The molecular formula is C14H26. The molecule has 0 rings (SSSR count). The maximum Gasteiger partial charge on any atom is -0.0287 e. The van der Waals surface area contributed by atoms with Crippen molar-refractivity contribution in [3.63, 3.8) is 0 Å². The van der Waals surface area contributed by atoms with Crippen LogP contribution in [0.5, 0.6) is 0 Å². The molecule has 14 heavy (non-hydrogen) atoms. The molecule has 82 valence electrons. The molecule has 0 fully saturated rings. The second kappa shape index (κ2) is 12.2. The Morgan fingerprint density at radius 1 is 0.857 bits per heavy atom. The van der Waals surface area contributed by atoms with E-state index in [1.54, 1.807) is 0 Å². The second-order valence-electron chi connectivity index (χ2n) is 3.15. The van der Waals surface area contributed by atoms with E-state index >= 15 is 0 Å². The third-order valence-electron chi connectivity index (χ3n) is 1.70. The van der Waals surface area contributed by atoms with Gasteiger partial charge in [-0.1, -0.05) is 77.0 Å². The summed E-state index contributed by atoms with van der Waals surface area (Å²) in [5, 5.41) is 0. The minimum Gasteiger partial charge on any atom is -0.0958 e. The molecule has 0 atom stereocenters. The summed E-state index contributed by atoms with van der Waals surface area (Å²) in [6.45, 7) is 16.2. The summed E-state index contributed by atoms with van der Waals surface area (Å²) in [5.41, 5.74) is 2.41. The zero-order valence-electron chi connectivity index (χ0n) is 10.4. The fourth-order valence-electron chi connectivity index (χ4n) is 1.04.